The van der Waals surface area contributed by atoms with Crippen LogP contribution in [0.5, 0.6) is 0 Å². The van der Waals surface area contributed by atoms with Gasteiger partial charge in [-0.1, -0.05) is 6.42 Å². The molecule has 5 nitrogen and oxygen atoms in total. The molecule has 0 aromatic heterocycles. The molecule has 0 radical (unpaired) electrons. The van der Waals surface area contributed by atoms with Crippen LogP contribution in [0.1, 0.15) is 26.2 Å². The van der Waals surface area contributed by atoms with Crippen LogP contribution in [0.3, 0.4) is 0 Å². The number of hydrogen-bond donors (Lipinski definition) is 3. The number of carboxylic acid groups (broad SMARTS) is 1. The van der Waals surface area contributed by atoms with Crippen LogP contribution >= 0.6 is 0 Å². The molecule has 8 heteroatoms. The smallest absolute Gasteiger partial charge is 0.422 e. The Morgan fingerprint density at radius 3 is 2.37 bits per heavy atom. The minimum Gasteiger partial charge on any atom is -0.479 e. The highest BCUT2D eigenvalue weighted by Gasteiger charge is 2.59. The van der Waals surface area contributed by atoms with Crippen LogP contribution in [0.15, 0.2) is 0 Å². The summed E-state index contributed by atoms with van der Waals surface area (Å²) < 4.78 is 38.3. The summed E-state index contributed by atoms with van der Waals surface area (Å²) in [7, 11) is 0. The quantitative estimate of drug-likeness (QED) is 0.713. The maximum atomic E-state index is 12.8. The Morgan fingerprint density at radius 1 is 1.37 bits per heavy atom. The van der Waals surface area contributed by atoms with E-state index in [9.17, 15) is 22.8 Å². The number of carbonyl (C=O) groups is 2. The van der Waals surface area contributed by atoms with Gasteiger partial charge in [0, 0.05) is 5.92 Å². The minimum absolute atomic E-state index is 0.189. The predicted molar refractivity (Wildman–Crippen MR) is 60.1 cm³/mol. The number of amides is 1. The zero-order chi connectivity index (χ0) is 14.8. The molecule has 3 unspecified atom stereocenters. The molecule has 3 atom stereocenters. The van der Waals surface area contributed by atoms with Crippen LogP contribution in [0, 0.1) is 11.8 Å². The molecule has 1 amide bonds. The SMILES string of the molecule is CC(NC(=O)C1CCCC1CN)(C(=O)O)C(F)(F)F. The molecule has 0 bridgehead atoms. The largest absolute Gasteiger partial charge is 0.479 e. The minimum atomic E-state index is -5.06. The number of aliphatic carboxylic acids is 1. The number of halogens is 3. The molecule has 0 aliphatic heterocycles. The van der Waals surface area contributed by atoms with Crippen molar-refractivity contribution in [1.29, 1.82) is 0 Å². The maximum absolute atomic E-state index is 12.8. The highest BCUT2D eigenvalue weighted by molar-refractivity contribution is 5.88. The molecule has 0 heterocycles. The van der Waals surface area contributed by atoms with E-state index in [1.54, 1.807) is 5.32 Å². The summed E-state index contributed by atoms with van der Waals surface area (Å²) in [5, 5.41) is 10.3. The van der Waals surface area contributed by atoms with Crippen LogP contribution in [-0.4, -0.2) is 35.2 Å². The summed E-state index contributed by atoms with van der Waals surface area (Å²) in [6.45, 7) is 0.646. The van der Waals surface area contributed by atoms with Gasteiger partial charge in [0.25, 0.3) is 0 Å². The van der Waals surface area contributed by atoms with Gasteiger partial charge in [-0.15, -0.1) is 0 Å². The lowest BCUT2D eigenvalue weighted by Gasteiger charge is -2.30. The molecule has 0 saturated heterocycles. The van der Waals surface area contributed by atoms with Crippen molar-refractivity contribution in [2.45, 2.75) is 37.9 Å². The molecule has 1 aliphatic carbocycles. The summed E-state index contributed by atoms with van der Waals surface area (Å²) >= 11 is 0. The summed E-state index contributed by atoms with van der Waals surface area (Å²) in [4.78, 5) is 22.7. The van der Waals surface area contributed by atoms with Crippen molar-refractivity contribution in [1.82, 2.24) is 5.32 Å². The van der Waals surface area contributed by atoms with Crippen LogP contribution in [0.4, 0.5) is 13.2 Å². The van der Waals surface area contributed by atoms with Crippen molar-refractivity contribution in [2.75, 3.05) is 6.54 Å². The number of nitrogens with two attached hydrogens (primary N) is 1. The second-order valence-electron chi connectivity index (χ2n) is 4.95. The first-order valence-corrected chi connectivity index (χ1v) is 5.95. The van der Waals surface area contributed by atoms with Gasteiger partial charge < -0.3 is 16.2 Å². The van der Waals surface area contributed by atoms with E-state index in [1.165, 1.54) is 0 Å². The van der Waals surface area contributed by atoms with Gasteiger partial charge in [-0.2, -0.15) is 13.2 Å². The molecule has 110 valence electrons. The normalized spacial score (nSPS) is 26.8. The van der Waals surface area contributed by atoms with Gasteiger partial charge in [0.1, 0.15) is 0 Å². The first-order valence-electron chi connectivity index (χ1n) is 5.95. The molecule has 1 saturated carbocycles. The molecule has 0 aromatic carbocycles. The lowest BCUT2D eigenvalue weighted by molar-refractivity contribution is -0.207. The summed E-state index contributed by atoms with van der Waals surface area (Å²) in [5.74, 6) is -3.86. The first kappa shape index (κ1) is 15.7. The molecule has 1 aliphatic rings. The van der Waals surface area contributed by atoms with Crippen LogP contribution in [0.2, 0.25) is 0 Å². The molecule has 4 N–H and O–H groups in total. The van der Waals surface area contributed by atoms with E-state index >= 15 is 0 Å². The molecular weight excluding hydrogens is 265 g/mol. The van der Waals surface area contributed by atoms with E-state index < -0.39 is 29.5 Å². The number of alkyl halides is 3. The highest BCUT2D eigenvalue weighted by atomic mass is 19.4. The van der Waals surface area contributed by atoms with E-state index in [2.05, 4.69) is 0 Å². The van der Waals surface area contributed by atoms with Crippen molar-refractivity contribution in [2.24, 2.45) is 17.6 Å². The Labute approximate surface area is 108 Å². The van der Waals surface area contributed by atoms with Crippen molar-refractivity contribution >= 4 is 11.9 Å². The standard InChI is InChI=1S/C11H17F3N2O3/c1-10(9(18)19,11(12,13)14)16-8(17)7-4-2-3-6(7)5-15/h6-7H,2-5,15H2,1H3,(H,16,17)(H,18,19). The number of carbonyl (C=O) groups excluding carboxylic acids is 1. The van der Waals surface area contributed by atoms with Crippen LogP contribution in [0.25, 0.3) is 0 Å². The third kappa shape index (κ3) is 2.99. The van der Waals surface area contributed by atoms with Gasteiger partial charge in [0.15, 0.2) is 0 Å². The summed E-state index contributed by atoms with van der Waals surface area (Å²) in [6.07, 6.45) is -3.26. The van der Waals surface area contributed by atoms with E-state index in [4.69, 9.17) is 10.8 Å². The van der Waals surface area contributed by atoms with E-state index in [1.807, 2.05) is 0 Å². The van der Waals surface area contributed by atoms with Crippen molar-refractivity contribution in [3.05, 3.63) is 0 Å². The van der Waals surface area contributed by atoms with Crippen LogP contribution in [-0.2, 0) is 9.59 Å². The molecule has 1 fully saturated rings. The zero-order valence-corrected chi connectivity index (χ0v) is 10.5. The monoisotopic (exact) mass is 282 g/mol. The Hall–Kier alpha value is -1.31. The van der Waals surface area contributed by atoms with Crippen LogP contribution < -0.4 is 11.1 Å². The van der Waals surface area contributed by atoms with E-state index in [0.717, 1.165) is 0 Å². The highest BCUT2D eigenvalue weighted by Crippen LogP contribution is 2.34. The Bertz CT molecular complexity index is 373. The zero-order valence-electron chi connectivity index (χ0n) is 10.5. The Balaban J connectivity index is 2.87. The van der Waals surface area contributed by atoms with Crippen molar-refractivity contribution in [3.8, 4) is 0 Å². The van der Waals surface area contributed by atoms with Gasteiger partial charge in [0.05, 0.1) is 0 Å². The molecule has 1 rings (SSSR count). The topological polar surface area (TPSA) is 92.4 Å². The third-order valence-corrected chi connectivity index (χ3v) is 3.67. The van der Waals surface area contributed by atoms with Gasteiger partial charge >= 0.3 is 12.1 Å². The fourth-order valence-corrected chi connectivity index (χ4v) is 2.25. The number of nitrogens with one attached hydrogen (secondary N) is 1. The van der Waals surface area contributed by atoms with Crippen molar-refractivity contribution < 1.29 is 27.9 Å². The van der Waals surface area contributed by atoms with Gasteiger partial charge in [-0.25, -0.2) is 4.79 Å². The third-order valence-electron chi connectivity index (χ3n) is 3.67. The average molecular weight is 282 g/mol. The molecule has 0 spiro atoms. The van der Waals surface area contributed by atoms with Crippen molar-refractivity contribution in [3.63, 3.8) is 0 Å². The fraction of sp³-hybridized carbons (Fsp3) is 0.818. The number of hydrogen-bond acceptors (Lipinski definition) is 3. The fourth-order valence-electron chi connectivity index (χ4n) is 2.25. The van der Waals surface area contributed by atoms with E-state index in [0.29, 0.717) is 26.2 Å². The first-order chi connectivity index (χ1) is 8.63. The Kier molecular flexibility index (Phi) is 4.44. The molecular formula is C11H17F3N2O3. The summed E-state index contributed by atoms with van der Waals surface area (Å²) in [5.41, 5.74) is 2.18. The van der Waals surface area contributed by atoms with E-state index in [-0.39, 0.29) is 12.5 Å². The summed E-state index contributed by atoms with van der Waals surface area (Å²) in [6, 6.07) is 0. The van der Waals surface area contributed by atoms with Gasteiger partial charge in [-0.3, -0.25) is 4.79 Å². The van der Waals surface area contributed by atoms with Gasteiger partial charge in [0.2, 0.25) is 11.4 Å². The second-order valence-corrected chi connectivity index (χ2v) is 4.95. The number of rotatable bonds is 4. The predicted octanol–water partition coefficient (Wildman–Crippen LogP) is 0.883. The lowest BCUT2D eigenvalue weighted by atomic mass is 9.93. The average Bonchev–Trinajstić information content (AvgIpc) is 2.74. The molecule has 0 aromatic rings. The molecule has 19 heavy (non-hydrogen) atoms. The lowest BCUT2D eigenvalue weighted by Crippen LogP contribution is -2.63. The van der Waals surface area contributed by atoms with Gasteiger partial charge in [-0.05, 0) is 32.2 Å². The number of carboxylic acids is 1. The Morgan fingerprint density at radius 2 is 1.95 bits per heavy atom. The maximum Gasteiger partial charge on any atom is 0.422 e. The second kappa shape index (κ2) is 5.36.